The van der Waals surface area contributed by atoms with E-state index in [-0.39, 0.29) is 17.1 Å². The Kier molecular flexibility index (Phi) is 4.50. The number of hydrogen-bond acceptors (Lipinski definition) is 5. The van der Waals surface area contributed by atoms with Gasteiger partial charge in [-0.15, -0.1) is 0 Å². The van der Waals surface area contributed by atoms with Gasteiger partial charge in [0.05, 0.1) is 16.8 Å². The highest BCUT2D eigenvalue weighted by molar-refractivity contribution is 7.22. The maximum Gasteiger partial charge on any atom is 0.274 e. The first-order chi connectivity index (χ1) is 13.3. The number of benzene rings is 1. The van der Waals surface area contributed by atoms with E-state index in [1.54, 1.807) is 0 Å². The van der Waals surface area contributed by atoms with E-state index in [0.29, 0.717) is 35.0 Å². The Morgan fingerprint density at radius 2 is 2.14 bits per heavy atom. The van der Waals surface area contributed by atoms with Gasteiger partial charge in [-0.25, -0.2) is 4.98 Å². The quantitative estimate of drug-likeness (QED) is 0.666. The Morgan fingerprint density at radius 1 is 1.36 bits per heavy atom. The van der Waals surface area contributed by atoms with Crippen molar-refractivity contribution < 1.29 is 14.3 Å². The zero-order valence-corrected chi connectivity index (χ0v) is 17.3. The number of ether oxygens (including phenoxy) is 1. The number of hydrogen-bond donors (Lipinski definition) is 2. The number of anilines is 1. The molecule has 1 aromatic carbocycles. The minimum Gasteiger partial charge on any atom is -0.494 e. The van der Waals surface area contributed by atoms with E-state index in [1.807, 2.05) is 32.0 Å². The fourth-order valence-electron chi connectivity index (χ4n) is 3.83. The molecule has 146 valence electrons. The fraction of sp³-hybridized carbons (Fsp3) is 0.381. The summed E-state index contributed by atoms with van der Waals surface area (Å²) in [6, 6.07) is 5.67. The summed E-state index contributed by atoms with van der Waals surface area (Å²) in [6.45, 7) is 8.50. The van der Waals surface area contributed by atoms with Crippen LogP contribution in [0.2, 0.25) is 0 Å². The predicted octanol–water partition coefficient (Wildman–Crippen LogP) is 4.74. The van der Waals surface area contributed by atoms with E-state index in [1.165, 1.54) is 11.3 Å². The van der Waals surface area contributed by atoms with Crippen LogP contribution in [0.15, 0.2) is 18.2 Å². The number of ketones is 1. The van der Waals surface area contributed by atoms with E-state index in [2.05, 4.69) is 29.1 Å². The lowest BCUT2D eigenvalue weighted by atomic mass is 9.75. The second kappa shape index (κ2) is 6.74. The van der Waals surface area contributed by atoms with Crippen molar-refractivity contribution in [3.8, 4) is 5.75 Å². The third-order valence-electron chi connectivity index (χ3n) is 5.02. The number of fused-ring (bicyclic) bond motifs is 2. The average Bonchev–Trinajstić information content (AvgIpc) is 3.14. The molecular formula is C21H23N3O3S. The number of aromatic amines is 1. The molecule has 1 amide bonds. The Bertz CT molecular complexity index is 1090. The Morgan fingerprint density at radius 3 is 2.89 bits per heavy atom. The summed E-state index contributed by atoms with van der Waals surface area (Å²) in [6.07, 6.45) is 1.25. The Labute approximate surface area is 167 Å². The van der Waals surface area contributed by atoms with Crippen molar-refractivity contribution >= 4 is 38.4 Å². The number of nitrogens with zero attached hydrogens (tertiary/aromatic N) is 1. The van der Waals surface area contributed by atoms with Crippen LogP contribution < -0.4 is 10.1 Å². The number of H-pyrrole nitrogens is 1. The van der Waals surface area contributed by atoms with Gasteiger partial charge < -0.3 is 9.72 Å². The summed E-state index contributed by atoms with van der Waals surface area (Å²) in [7, 11) is 0. The zero-order chi connectivity index (χ0) is 20.1. The van der Waals surface area contributed by atoms with Crippen LogP contribution in [0.5, 0.6) is 5.75 Å². The van der Waals surface area contributed by atoms with Crippen LogP contribution in [-0.2, 0) is 6.42 Å². The van der Waals surface area contributed by atoms with Gasteiger partial charge in [0.2, 0.25) is 0 Å². The number of rotatable bonds is 4. The molecule has 0 unspecified atom stereocenters. The summed E-state index contributed by atoms with van der Waals surface area (Å²) < 4.78 is 6.46. The van der Waals surface area contributed by atoms with Crippen molar-refractivity contribution in [2.75, 3.05) is 11.9 Å². The normalized spacial score (nSPS) is 15.5. The summed E-state index contributed by atoms with van der Waals surface area (Å²) in [5.74, 6) is 0.606. The standard InChI is InChI=1S/C21H23N3O3S/c1-5-27-12-6-7-13-16(8-12)28-20(23-13)24-19(26)18-11(2)17-14(22-18)9-21(3,4)10-15(17)25/h6-8,22H,5,9-10H2,1-4H3,(H,23,24,26). The number of carbonyl (C=O) groups is 2. The van der Waals surface area contributed by atoms with Crippen LogP contribution in [0.4, 0.5) is 5.13 Å². The molecule has 0 saturated carbocycles. The van der Waals surface area contributed by atoms with Crippen LogP contribution in [0.1, 0.15) is 59.3 Å². The van der Waals surface area contributed by atoms with Crippen molar-refractivity contribution in [3.05, 3.63) is 40.7 Å². The SMILES string of the molecule is CCOc1ccc2nc(NC(=O)c3[nH]c4c(c3C)C(=O)CC(C)(C)C4)sc2c1. The lowest BCUT2D eigenvalue weighted by molar-refractivity contribution is 0.0910. The molecule has 0 bridgehead atoms. The van der Waals surface area contributed by atoms with Gasteiger partial charge in [-0.05, 0) is 49.4 Å². The molecule has 0 radical (unpaired) electrons. The highest BCUT2D eigenvalue weighted by atomic mass is 32.1. The molecule has 1 aliphatic rings. The molecule has 0 spiro atoms. The minimum atomic E-state index is -0.276. The number of amides is 1. The molecular weight excluding hydrogens is 374 g/mol. The molecule has 6 nitrogen and oxygen atoms in total. The first kappa shape index (κ1) is 18.7. The van der Waals surface area contributed by atoms with Gasteiger partial charge in [-0.2, -0.15) is 0 Å². The first-order valence-corrected chi connectivity index (χ1v) is 10.2. The second-order valence-corrected chi connectivity index (χ2v) is 8.99. The third-order valence-corrected chi connectivity index (χ3v) is 5.95. The molecule has 3 aromatic rings. The van der Waals surface area contributed by atoms with Gasteiger partial charge >= 0.3 is 0 Å². The molecule has 28 heavy (non-hydrogen) atoms. The van der Waals surface area contributed by atoms with E-state index in [4.69, 9.17) is 4.74 Å². The first-order valence-electron chi connectivity index (χ1n) is 9.37. The van der Waals surface area contributed by atoms with E-state index < -0.39 is 0 Å². The highest BCUT2D eigenvalue weighted by Crippen LogP contribution is 2.37. The van der Waals surface area contributed by atoms with Crippen molar-refractivity contribution in [3.63, 3.8) is 0 Å². The average molecular weight is 398 g/mol. The van der Waals surface area contributed by atoms with Gasteiger partial charge in [0.15, 0.2) is 10.9 Å². The number of aromatic nitrogens is 2. The molecule has 0 saturated heterocycles. The van der Waals surface area contributed by atoms with Gasteiger partial charge in [0.25, 0.3) is 5.91 Å². The van der Waals surface area contributed by atoms with Crippen LogP contribution in [-0.4, -0.2) is 28.3 Å². The largest absolute Gasteiger partial charge is 0.494 e. The molecule has 1 aliphatic carbocycles. The summed E-state index contributed by atoms with van der Waals surface area (Å²) >= 11 is 1.40. The fourth-order valence-corrected chi connectivity index (χ4v) is 4.72. The van der Waals surface area contributed by atoms with Crippen LogP contribution in [0, 0.1) is 12.3 Å². The monoisotopic (exact) mass is 397 g/mol. The minimum absolute atomic E-state index is 0.0968. The molecule has 2 heterocycles. The second-order valence-electron chi connectivity index (χ2n) is 7.96. The van der Waals surface area contributed by atoms with Crippen LogP contribution >= 0.6 is 11.3 Å². The Hall–Kier alpha value is -2.67. The lowest BCUT2D eigenvalue weighted by Gasteiger charge is -2.28. The summed E-state index contributed by atoms with van der Waals surface area (Å²) in [5, 5.41) is 3.39. The lowest BCUT2D eigenvalue weighted by Crippen LogP contribution is -2.26. The van der Waals surface area contributed by atoms with E-state index in [9.17, 15) is 9.59 Å². The highest BCUT2D eigenvalue weighted by Gasteiger charge is 2.35. The van der Waals surface area contributed by atoms with E-state index in [0.717, 1.165) is 28.1 Å². The number of nitrogens with one attached hydrogen (secondary N) is 2. The molecule has 4 rings (SSSR count). The maximum absolute atomic E-state index is 12.9. The van der Waals surface area contributed by atoms with Crippen molar-refractivity contribution in [2.45, 2.75) is 40.5 Å². The van der Waals surface area contributed by atoms with Gasteiger partial charge in [-0.3, -0.25) is 14.9 Å². The van der Waals surface area contributed by atoms with Crippen LogP contribution in [0.3, 0.4) is 0 Å². The molecule has 2 aromatic heterocycles. The Balaban J connectivity index is 1.61. The molecule has 7 heteroatoms. The van der Waals surface area contributed by atoms with Crippen molar-refractivity contribution in [2.24, 2.45) is 5.41 Å². The van der Waals surface area contributed by atoms with E-state index >= 15 is 0 Å². The number of Topliss-reactive ketones (excluding diaryl/α,β-unsaturated/α-hetero) is 1. The molecule has 0 fully saturated rings. The third kappa shape index (κ3) is 3.30. The zero-order valence-electron chi connectivity index (χ0n) is 16.4. The summed E-state index contributed by atoms with van der Waals surface area (Å²) in [5.41, 5.74) is 3.39. The van der Waals surface area contributed by atoms with Gasteiger partial charge in [-0.1, -0.05) is 25.2 Å². The van der Waals surface area contributed by atoms with Gasteiger partial charge in [0, 0.05) is 17.7 Å². The summed E-state index contributed by atoms with van der Waals surface area (Å²) in [4.78, 5) is 33.1. The number of carbonyl (C=O) groups excluding carboxylic acids is 2. The molecule has 0 atom stereocenters. The molecule has 2 N–H and O–H groups in total. The number of thiazole rings is 1. The smallest absolute Gasteiger partial charge is 0.274 e. The van der Waals surface area contributed by atoms with Crippen molar-refractivity contribution in [1.29, 1.82) is 0 Å². The maximum atomic E-state index is 12.9. The molecule has 0 aliphatic heterocycles. The van der Waals surface area contributed by atoms with Gasteiger partial charge in [0.1, 0.15) is 11.4 Å². The van der Waals surface area contributed by atoms with Crippen molar-refractivity contribution in [1.82, 2.24) is 9.97 Å². The predicted molar refractivity (Wildman–Crippen MR) is 111 cm³/mol. The topological polar surface area (TPSA) is 84.1 Å². The van der Waals surface area contributed by atoms with Crippen LogP contribution in [0.25, 0.3) is 10.2 Å².